The Labute approximate surface area is 120 Å². The molecule has 1 rings (SSSR count). The smallest absolute Gasteiger partial charge is 0.272 e. The van der Waals surface area contributed by atoms with E-state index in [1.807, 2.05) is 27.7 Å². The summed E-state index contributed by atoms with van der Waals surface area (Å²) in [5.41, 5.74) is 0.898. The van der Waals surface area contributed by atoms with Crippen molar-refractivity contribution in [3.8, 4) is 0 Å². The third-order valence-electron chi connectivity index (χ3n) is 3.33. The van der Waals surface area contributed by atoms with E-state index in [-0.39, 0.29) is 11.8 Å². The molecule has 5 heteroatoms. The first kappa shape index (κ1) is 16.1. The molecule has 1 aromatic rings. The monoisotopic (exact) mass is 277 g/mol. The average Bonchev–Trinajstić information content (AvgIpc) is 2.49. The molecular formula is C15H23N3O2. The minimum absolute atomic E-state index is 0.0515. The second-order valence-electron chi connectivity index (χ2n) is 4.39. The summed E-state index contributed by atoms with van der Waals surface area (Å²) in [4.78, 5) is 31.8. The summed E-state index contributed by atoms with van der Waals surface area (Å²) >= 11 is 0. The highest BCUT2D eigenvalue weighted by molar-refractivity contribution is 5.96. The van der Waals surface area contributed by atoms with Crippen LogP contribution in [-0.2, 0) is 0 Å². The maximum atomic E-state index is 12.1. The number of pyridine rings is 1. The molecule has 0 saturated heterocycles. The fourth-order valence-corrected chi connectivity index (χ4v) is 2.01. The van der Waals surface area contributed by atoms with E-state index in [1.54, 1.807) is 21.9 Å². The molecule has 0 fully saturated rings. The maximum absolute atomic E-state index is 12.1. The number of carbonyl (C=O) groups is 2. The molecule has 0 aliphatic rings. The van der Waals surface area contributed by atoms with Gasteiger partial charge in [0.2, 0.25) is 0 Å². The van der Waals surface area contributed by atoms with Gasteiger partial charge in [-0.05, 0) is 39.8 Å². The number of amides is 2. The van der Waals surface area contributed by atoms with E-state index in [2.05, 4.69) is 4.98 Å². The van der Waals surface area contributed by atoms with Gasteiger partial charge in [-0.2, -0.15) is 0 Å². The second-order valence-corrected chi connectivity index (χ2v) is 4.39. The zero-order valence-corrected chi connectivity index (χ0v) is 12.7. The number of carbonyl (C=O) groups excluding carboxylic acids is 2. The molecule has 1 heterocycles. The zero-order chi connectivity index (χ0) is 15.1. The van der Waals surface area contributed by atoms with Gasteiger partial charge in [-0.15, -0.1) is 0 Å². The summed E-state index contributed by atoms with van der Waals surface area (Å²) in [6, 6.07) is 3.29. The molecular weight excluding hydrogens is 254 g/mol. The lowest BCUT2D eigenvalue weighted by atomic mass is 10.2. The van der Waals surface area contributed by atoms with E-state index < -0.39 is 0 Å². The van der Waals surface area contributed by atoms with Gasteiger partial charge in [-0.1, -0.05) is 0 Å². The van der Waals surface area contributed by atoms with E-state index >= 15 is 0 Å². The third kappa shape index (κ3) is 3.56. The van der Waals surface area contributed by atoms with Crippen LogP contribution in [0.15, 0.2) is 18.3 Å². The van der Waals surface area contributed by atoms with Crippen LogP contribution >= 0.6 is 0 Å². The van der Waals surface area contributed by atoms with Crippen molar-refractivity contribution < 1.29 is 9.59 Å². The Bertz CT molecular complexity index is 406. The van der Waals surface area contributed by atoms with E-state index in [9.17, 15) is 9.59 Å². The molecule has 0 atom stereocenters. The molecule has 0 radical (unpaired) electrons. The Morgan fingerprint density at radius 1 is 0.900 bits per heavy atom. The van der Waals surface area contributed by atoms with Crippen molar-refractivity contribution in [3.63, 3.8) is 0 Å². The quantitative estimate of drug-likeness (QED) is 0.799. The first-order valence-electron chi connectivity index (χ1n) is 7.13. The van der Waals surface area contributed by atoms with Gasteiger partial charge in [0.1, 0.15) is 5.69 Å². The van der Waals surface area contributed by atoms with Crippen molar-refractivity contribution in [2.24, 2.45) is 0 Å². The van der Waals surface area contributed by atoms with Crippen LogP contribution in [0.25, 0.3) is 0 Å². The summed E-state index contributed by atoms with van der Waals surface area (Å²) < 4.78 is 0. The highest BCUT2D eigenvalue weighted by Gasteiger charge is 2.16. The van der Waals surface area contributed by atoms with Gasteiger partial charge in [-0.3, -0.25) is 14.6 Å². The standard InChI is InChI=1S/C15H23N3O2/c1-5-17(6-2)14(19)12-9-10-13(16-11-12)15(20)18(7-3)8-4/h9-11H,5-8H2,1-4H3. The predicted octanol–water partition coefficient (Wildman–Crippen LogP) is 2.05. The Balaban J connectivity index is 2.88. The van der Waals surface area contributed by atoms with Gasteiger partial charge in [0.25, 0.3) is 11.8 Å². The fraction of sp³-hybridized carbons (Fsp3) is 0.533. The molecule has 1 aromatic heterocycles. The lowest BCUT2D eigenvalue weighted by molar-refractivity contribution is 0.0755. The SMILES string of the molecule is CCN(CC)C(=O)c1ccc(C(=O)N(CC)CC)nc1. The second kappa shape index (κ2) is 7.62. The first-order valence-corrected chi connectivity index (χ1v) is 7.13. The Morgan fingerprint density at radius 2 is 1.40 bits per heavy atom. The van der Waals surface area contributed by atoms with E-state index in [1.165, 1.54) is 6.20 Å². The van der Waals surface area contributed by atoms with Crippen LogP contribution in [0.5, 0.6) is 0 Å². The molecule has 0 aromatic carbocycles. The molecule has 0 spiro atoms. The van der Waals surface area contributed by atoms with Crippen LogP contribution in [0.1, 0.15) is 48.5 Å². The molecule has 0 aliphatic heterocycles. The lowest BCUT2D eigenvalue weighted by Crippen LogP contribution is -2.32. The maximum Gasteiger partial charge on any atom is 0.272 e. The largest absolute Gasteiger partial charge is 0.339 e. The van der Waals surface area contributed by atoms with Crippen LogP contribution < -0.4 is 0 Å². The van der Waals surface area contributed by atoms with Crippen molar-refractivity contribution in [1.82, 2.24) is 14.8 Å². The van der Waals surface area contributed by atoms with E-state index in [0.717, 1.165) is 0 Å². The summed E-state index contributed by atoms with van der Waals surface area (Å²) in [6.45, 7) is 10.4. The number of aromatic nitrogens is 1. The number of rotatable bonds is 6. The molecule has 0 bridgehead atoms. The van der Waals surface area contributed by atoms with Gasteiger partial charge in [-0.25, -0.2) is 0 Å². The molecule has 20 heavy (non-hydrogen) atoms. The van der Waals surface area contributed by atoms with Crippen LogP contribution in [0.2, 0.25) is 0 Å². The van der Waals surface area contributed by atoms with Crippen LogP contribution in [-0.4, -0.2) is 52.8 Å². The molecule has 0 unspecified atom stereocenters. The molecule has 5 nitrogen and oxygen atoms in total. The van der Waals surface area contributed by atoms with Gasteiger partial charge < -0.3 is 9.80 Å². The number of hydrogen-bond donors (Lipinski definition) is 0. The fourth-order valence-electron chi connectivity index (χ4n) is 2.01. The normalized spacial score (nSPS) is 10.2. The summed E-state index contributed by atoms with van der Waals surface area (Å²) in [5, 5.41) is 0. The predicted molar refractivity (Wildman–Crippen MR) is 78.7 cm³/mol. The minimum Gasteiger partial charge on any atom is -0.339 e. The van der Waals surface area contributed by atoms with E-state index in [0.29, 0.717) is 37.4 Å². The van der Waals surface area contributed by atoms with Gasteiger partial charge >= 0.3 is 0 Å². The Morgan fingerprint density at radius 3 is 1.80 bits per heavy atom. The van der Waals surface area contributed by atoms with Crippen molar-refractivity contribution in [2.45, 2.75) is 27.7 Å². The first-order chi connectivity index (χ1) is 9.58. The Kier molecular flexibility index (Phi) is 6.15. The lowest BCUT2D eigenvalue weighted by Gasteiger charge is -2.19. The van der Waals surface area contributed by atoms with Gasteiger partial charge in [0, 0.05) is 32.4 Å². The number of nitrogens with zero attached hydrogens (tertiary/aromatic N) is 3. The third-order valence-corrected chi connectivity index (χ3v) is 3.33. The van der Waals surface area contributed by atoms with Gasteiger partial charge in [0.05, 0.1) is 5.56 Å². The summed E-state index contributed by atoms with van der Waals surface area (Å²) in [5.74, 6) is -0.152. The molecule has 0 N–H and O–H groups in total. The van der Waals surface area contributed by atoms with E-state index in [4.69, 9.17) is 0 Å². The van der Waals surface area contributed by atoms with Crippen LogP contribution in [0.3, 0.4) is 0 Å². The van der Waals surface area contributed by atoms with Crippen molar-refractivity contribution in [1.29, 1.82) is 0 Å². The minimum atomic E-state index is -0.100. The Hall–Kier alpha value is -1.91. The average molecular weight is 277 g/mol. The molecule has 2 amide bonds. The zero-order valence-electron chi connectivity index (χ0n) is 12.7. The highest BCUT2D eigenvalue weighted by atomic mass is 16.2. The van der Waals surface area contributed by atoms with Crippen LogP contribution in [0, 0.1) is 0 Å². The number of hydrogen-bond acceptors (Lipinski definition) is 3. The summed E-state index contributed by atoms with van der Waals surface area (Å²) in [6.07, 6.45) is 1.48. The highest BCUT2D eigenvalue weighted by Crippen LogP contribution is 2.07. The van der Waals surface area contributed by atoms with Crippen molar-refractivity contribution in [3.05, 3.63) is 29.6 Å². The van der Waals surface area contributed by atoms with Gasteiger partial charge in [0.15, 0.2) is 0 Å². The molecule has 0 saturated carbocycles. The van der Waals surface area contributed by atoms with Crippen molar-refractivity contribution in [2.75, 3.05) is 26.2 Å². The summed E-state index contributed by atoms with van der Waals surface area (Å²) in [7, 11) is 0. The molecule has 110 valence electrons. The topological polar surface area (TPSA) is 53.5 Å². The van der Waals surface area contributed by atoms with Crippen molar-refractivity contribution >= 4 is 11.8 Å². The molecule has 0 aliphatic carbocycles. The van der Waals surface area contributed by atoms with Crippen LogP contribution in [0.4, 0.5) is 0 Å².